The Labute approximate surface area is 110 Å². The molecule has 1 fully saturated rings. The van der Waals surface area contributed by atoms with Gasteiger partial charge in [0.25, 0.3) is 0 Å². The molecule has 1 aliphatic rings. The van der Waals surface area contributed by atoms with Gasteiger partial charge in [-0.3, -0.25) is 0 Å². The van der Waals surface area contributed by atoms with E-state index >= 15 is 0 Å². The molecule has 0 saturated heterocycles. The highest BCUT2D eigenvalue weighted by molar-refractivity contribution is 7.92. The van der Waals surface area contributed by atoms with E-state index in [1.54, 1.807) is 13.8 Å². The Morgan fingerprint density at radius 1 is 1.29 bits per heavy atom. The van der Waals surface area contributed by atoms with E-state index in [2.05, 4.69) is 5.32 Å². The molecule has 0 aromatic rings. The first kappa shape index (κ1) is 15.3. The number of nitrogens with one attached hydrogen (secondary N) is 1. The van der Waals surface area contributed by atoms with Gasteiger partial charge in [-0.15, -0.1) is 11.6 Å². The molecule has 3 nitrogen and oxygen atoms in total. The molecular weight excluding hydrogens is 258 g/mol. The van der Waals surface area contributed by atoms with E-state index in [0.717, 1.165) is 12.8 Å². The van der Waals surface area contributed by atoms with Gasteiger partial charge in [0.15, 0.2) is 9.84 Å². The van der Waals surface area contributed by atoms with Crippen molar-refractivity contribution in [2.24, 2.45) is 5.92 Å². The number of rotatable bonds is 6. The van der Waals surface area contributed by atoms with E-state index in [-0.39, 0.29) is 11.0 Å². The molecule has 0 aromatic heterocycles. The lowest BCUT2D eigenvalue weighted by Gasteiger charge is -2.31. The van der Waals surface area contributed by atoms with E-state index in [1.807, 2.05) is 0 Å². The van der Waals surface area contributed by atoms with E-state index in [9.17, 15) is 8.42 Å². The van der Waals surface area contributed by atoms with Crippen molar-refractivity contribution in [3.8, 4) is 0 Å². The summed E-state index contributed by atoms with van der Waals surface area (Å²) in [5.41, 5.74) is 0. The third-order valence-electron chi connectivity index (χ3n) is 3.62. The fraction of sp³-hybridized carbons (Fsp3) is 1.00. The fourth-order valence-electron chi connectivity index (χ4n) is 2.28. The molecule has 0 heterocycles. The molecule has 102 valence electrons. The van der Waals surface area contributed by atoms with Crippen LogP contribution in [0.4, 0.5) is 0 Å². The van der Waals surface area contributed by atoms with Crippen LogP contribution in [0.15, 0.2) is 0 Å². The van der Waals surface area contributed by atoms with Gasteiger partial charge in [-0.05, 0) is 32.6 Å². The molecule has 0 aliphatic heterocycles. The second kappa shape index (κ2) is 6.95. The zero-order valence-electron chi connectivity index (χ0n) is 10.8. The maximum atomic E-state index is 11.7. The van der Waals surface area contributed by atoms with Crippen LogP contribution in [-0.4, -0.2) is 37.9 Å². The van der Waals surface area contributed by atoms with Crippen molar-refractivity contribution < 1.29 is 8.42 Å². The van der Waals surface area contributed by atoms with Crippen LogP contribution < -0.4 is 5.32 Å². The minimum Gasteiger partial charge on any atom is -0.313 e. The van der Waals surface area contributed by atoms with Crippen molar-refractivity contribution in [1.82, 2.24) is 5.32 Å². The van der Waals surface area contributed by atoms with Gasteiger partial charge in [0.2, 0.25) is 0 Å². The molecule has 2 atom stereocenters. The van der Waals surface area contributed by atoms with E-state index in [4.69, 9.17) is 11.6 Å². The predicted molar refractivity (Wildman–Crippen MR) is 73.4 cm³/mol. The van der Waals surface area contributed by atoms with Crippen LogP contribution in [0.5, 0.6) is 0 Å². The molecule has 1 aliphatic carbocycles. The molecule has 1 saturated carbocycles. The molecule has 1 rings (SSSR count). The monoisotopic (exact) mass is 281 g/mol. The Bertz CT molecular complexity index is 316. The largest absolute Gasteiger partial charge is 0.313 e. The van der Waals surface area contributed by atoms with Gasteiger partial charge in [0.1, 0.15) is 0 Å². The predicted octanol–water partition coefficient (Wildman–Crippen LogP) is 2.20. The van der Waals surface area contributed by atoms with Crippen LogP contribution in [-0.2, 0) is 9.84 Å². The maximum Gasteiger partial charge on any atom is 0.153 e. The molecule has 0 radical (unpaired) electrons. The summed E-state index contributed by atoms with van der Waals surface area (Å²) in [6, 6.07) is 0.406. The highest BCUT2D eigenvalue weighted by atomic mass is 35.5. The van der Waals surface area contributed by atoms with E-state index in [1.165, 1.54) is 12.8 Å². The smallest absolute Gasteiger partial charge is 0.153 e. The van der Waals surface area contributed by atoms with Crippen molar-refractivity contribution in [2.75, 3.05) is 18.2 Å². The zero-order chi connectivity index (χ0) is 12.9. The Kier molecular flexibility index (Phi) is 6.24. The van der Waals surface area contributed by atoms with E-state index in [0.29, 0.717) is 24.4 Å². The lowest BCUT2D eigenvalue weighted by atomic mass is 9.86. The molecule has 5 heteroatoms. The van der Waals surface area contributed by atoms with Crippen LogP contribution in [0.2, 0.25) is 0 Å². The molecule has 0 spiro atoms. The first-order chi connectivity index (χ1) is 7.97. The summed E-state index contributed by atoms with van der Waals surface area (Å²) < 4.78 is 23.3. The molecular formula is C12H24ClNO2S. The molecule has 17 heavy (non-hydrogen) atoms. The number of sulfone groups is 1. The first-order valence-corrected chi connectivity index (χ1v) is 8.73. The quantitative estimate of drug-likeness (QED) is 0.759. The van der Waals surface area contributed by atoms with Gasteiger partial charge < -0.3 is 5.32 Å². The van der Waals surface area contributed by atoms with E-state index < -0.39 is 9.84 Å². The van der Waals surface area contributed by atoms with Crippen molar-refractivity contribution in [3.63, 3.8) is 0 Å². The summed E-state index contributed by atoms with van der Waals surface area (Å²) in [4.78, 5) is 0. The summed E-state index contributed by atoms with van der Waals surface area (Å²) in [6.07, 6.45) is 4.76. The lowest BCUT2D eigenvalue weighted by Crippen LogP contribution is -2.42. The Hall–Kier alpha value is 0.200. The summed E-state index contributed by atoms with van der Waals surface area (Å²) >= 11 is 5.94. The normalized spacial score (nSPS) is 26.4. The SMILES string of the molecule is CC(C)S(=O)(=O)CCNC1CCCCC1CCl. The van der Waals surface area contributed by atoms with Crippen molar-refractivity contribution in [1.29, 1.82) is 0 Å². The zero-order valence-corrected chi connectivity index (χ0v) is 12.4. The molecule has 2 unspecified atom stereocenters. The van der Waals surface area contributed by atoms with Gasteiger partial charge in [-0.25, -0.2) is 8.42 Å². The molecule has 0 aromatic carbocycles. The van der Waals surface area contributed by atoms with Crippen LogP contribution in [0.1, 0.15) is 39.5 Å². The summed E-state index contributed by atoms with van der Waals surface area (Å²) in [5.74, 6) is 1.41. The second-order valence-corrected chi connectivity index (χ2v) is 8.16. The third kappa shape index (κ3) is 4.76. The Morgan fingerprint density at radius 3 is 2.53 bits per heavy atom. The topological polar surface area (TPSA) is 46.2 Å². The molecule has 0 amide bonds. The van der Waals surface area contributed by atoms with Crippen LogP contribution in [0, 0.1) is 5.92 Å². The standard InChI is InChI=1S/C12H24ClNO2S/c1-10(2)17(15,16)8-7-14-12-6-4-3-5-11(12)9-13/h10-12,14H,3-9H2,1-2H3. The van der Waals surface area contributed by atoms with Gasteiger partial charge in [0.05, 0.1) is 11.0 Å². The Balaban J connectivity index is 2.35. The van der Waals surface area contributed by atoms with Crippen LogP contribution >= 0.6 is 11.6 Å². The van der Waals surface area contributed by atoms with Crippen molar-refractivity contribution >= 4 is 21.4 Å². The lowest BCUT2D eigenvalue weighted by molar-refractivity contribution is 0.288. The number of hydrogen-bond acceptors (Lipinski definition) is 3. The molecule has 1 N–H and O–H groups in total. The first-order valence-electron chi connectivity index (χ1n) is 6.48. The number of alkyl halides is 1. The average molecular weight is 282 g/mol. The highest BCUT2D eigenvalue weighted by Gasteiger charge is 2.24. The number of halogens is 1. The summed E-state index contributed by atoms with van der Waals surface area (Å²) in [7, 11) is -2.92. The minimum atomic E-state index is -2.92. The summed E-state index contributed by atoms with van der Waals surface area (Å²) in [5, 5.41) is 3.09. The van der Waals surface area contributed by atoms with Gasteiger partial charge in [0, 0.05) is 18.5 Å². The van der Waals surface area contributed by atoms with Gasteiger partial charge >= 0.3 is 0 Å². The van der Waals surface area contributed by atoms with Gasteiger partial charge in [-0.2, -0.15) is 0 Å². The van der Waals surface area contributed by atoms with Crippen LogP contribution in [0.3, 0.4) is 0 Å². The molecule has 0 bridgehead atoms. The average Bonchev–Trinajstić information content (AvgIpc) is 2.29. The summed E-state index contributed by atoms with van der Waals surface area (Å²) in [6.45, 7) is 4.02. The second-order valence-electron chi connectivity index (χ2n) is 5.18. The third-order valence-corrected chi connectivity index (χ3v) is 6.22. The highest BCUT2D eigenvalue weighted by Crippen LogP contribution is 2.25. The Morgan fingerprint density at radius 2 is 1.94 bits per heavy atom. The fourth-order valence-corrected chi connectivity index (χ4v) is 3.53. The van der Waals surface area contributed by atoms with Crippen LogP contribution in [0.25, 0.3) is 0 Å². The maximum absolute atomic E-state index is 11.7. The van der Waals surface area contributed by atoms with Crippen molar-refractivity contribution in [2.45, 2.75) is 50.8 Å². The van der Waals surface area contributed by atoms with Gasteiger partial charge in [-0.1, -0.05) is 12.8 Å². The minimum absolute atomic E-state index is 0.232. The van der Waals surface area contributed by atoms with Crippen molar-refractivity contribution in [3.05, 3.63) is 0 Å². The number of hydrogen-bond donors (Lipinski definition) is 1.